The minimum atomic E-state index is -0.435. The molecule has 0 radical (unpaired) electrons. The Kier molecular flexibility index (Phi) is 3.01. The van der Waals surface area contributed by atoms with Gasteiger partial charge in [0.1, 0.15) is 5.76 Å². The number of amides is 1. The molecule has 0 bridgehead atoms. The van der Waals surface area contributed by atoms with E-state index in [4.69, 9.17) is 16.0 Å². The SMILES string of the molecule is O=C(NCc1ccco1)C1(c2c[nH]c3ccc(Cl)cc23)CC1. The van der Waals surface area contributed by atoms with E-state index in [0.29, 0.717) is 11.6 Å². The number of nitrogens with one attached hydrogen (secondary N) is 2. The standard InChI is InChI=1S/C17H15ClN2O2/c18-11-3-4-15-13(8-11)14(10-19-15)17(5-6-17)16(21)20-9-12-2-1-7-22-12/h1-4,7-8,10,19H,5-6,9H2,(H,20,21). The predicted molar refractivity (Wildman–Crippen MR) is 84.8 cm³/mol. The summed E-state index contributed by atoms with van der Waals surface area (Å²) < 4.78 is 5.26. The van der Waals surface area contributed by atoms with E-state index < -0.39 is 5.41 Å². The molecule has 1 aromatic carbocycles. The van der Waals surface area contributed by atoms with Crippen LogP contribution in [0.25, 0.3) is 10.9 Å². The molecule has 1 saturated carbocycles. The van der Waals surface area contributed by atoms with Crippen LogP contribution in [0.15, 0.2) is 47.2 Å². The van der Waals surface area contributed by atoms with Gasteiger partial charge in [0.15, 0.2) is 0 Å². The first-order chi connectivity index (χ1) is 10.7. The van der Waals surface area contributed by atoms with Crippen LogP contribution in [0, 0.1) is 0 Å². The highest BCUT2D eigenvalue weighted by Gasteiger charge is 2.52. The lowest BCUT2D eigenvalue weighted by atomic mass is 9.94. The van der Waals surface area contributed by atoms with Crippen LogP contribution in [0.1, 0.15) is 24.2 Å². The molecule has 0 saturated heterocycles. The van der Waals surface area contributed by atoms with Crippen LogP contribution in [-0.4, -0.2) is 10.9 Å². The van der Waals surface area contributed by atoms with E-state index in [2.05, 4.69) is 10.3 Å². The summed E-state index contributed by atoms with van der Waals surface area (Å²) in [5.74, 6) is 0.802. The number of aromatic amines is 1. The van der Waals surface area contributed by atoms with Crippen LogP contribution < -0.4 is 5.32 Å². The highest BCUT2D eigenvalue weighted by atomic mass is 35.5. The number of halogens is 1. The second-order valence-electron chi connectivity index (χ2n) is 5.74. The topological polar surface area (TPSA) is 58.0 Å². The van der Waals surface area contributed by atoms with Gasteiger partial charge in [-0.25, -0.2) is 0 Å². The minimum absolute atomic E-state index is 0.0461. The lowest BCUT2D eigenvalue weighted by molar-refractivity contribution is -0.123. The van der Waals surface area contributed by atoms with E-state index in [1.807, 2.05) is 36.5 Å². The average molecular weight is 315 g/mol. The van der Waals surface area contributed by atoms with Gasteiger partial charge in [0.2, 0.25) is 5.91 Å². The number of hydrogen-bond acceptors (Lipinski definition) is 2. The zero-order valence-corrected chi connectivity index (χ0v) is 12.6. The Balaban J connectivity index is 1.62. The zero-order valence-electron chi connectivity index (χ0n) is 11.9. The smallest absolute Gasteiger partial charge is 0.231 e. The lowest BCUT2D eigenvalue weighted by Gasteiger charge is -2.14. The summed E-state index contributed by atoms with van der Waals surface area (Å²) in [6.45, 7) is 0.413. The molecule has 2 N–H and O–H groups in total. The molecule has 1 amide bonds. The van der Waals surface area contributed by atoms with Crippen LogP contribution >= 0.6 is 11.6 Å². The third-order valence-corrected chi connectivity index (χ3v) is 4.58. The molecule has 2 heterocycles. The second kappa shape index (κ2) is 4.92. The Morgan fingerprint density at radius 3 is 2.95 bits per heavy atom. The zero-order chi connectivity index (χ0) is 15.2. The van der Waals surface area contributed by atoms with E-state index in [1.165, 1.54) is 0 Å². The van der Waals surface area contributed by atoms with Crippen molar-refractivity contribution in [2.45, 2.75) is 24.8 Å². The molecule has 0 unspecified atom stereocenters. The molecule has 1 aliphatic rings. The summed E-state index contributed by atoms with van der Waals surface area (Å²) in [7, 11) is 0. The number of carbonyl (C=O) groups is 1. The minimum Gasteiger partial charge on any atom is -0.467 e. The first-order valence-corrected chi connectivity index (χ1v) is 7.65. The number of carbonyl (C=O) groups excluding carboxylic acids is 1. The van der Waals surface area contributed by atoms with Crippen LogP contribution in [0.5, 0.6) is 0 Å². The van der Waals surface area contributed by atoms with Crippen molar-refractivity contribution in [2.75, 3.05) is 0 Å². The van der Waals surface area contributed by atoms with E-state index in [1.54, 1.807) is 6.26 Å². The quantitative estimate of drug-likeness (QED) is 0.770. The number of rotatable bonds is 4. The molecule has 1 aliphatic carbocycles. The number of H-pyrrole nitrogens is 1. The summed E-state index contributed by atoms with van der Waals surface area (Å²) in [6, 6.07) is 9.38. The van der Waals surface area contributed by atoms with Crippen LogP contribution in [0.4, 0.5) is 0 Å². The Hall–Kier alpha value is -2.20. The van der Waals surface area contributed by atoms with Gasteiger partial charge >= 0.3 is 0 Å². The molecule has 4 rings (SSSR count). The molecule has 2 aromatic heterocycles. The predicted octanol–water partition coefficient (Wildman–Crippen LogP) is 3.76. The van der Waals surface area contributed by atoms with E-state index in [9.17, 15) is 4.79 Å². The molecule has 3 aromatic rings. The largest absolute Gasteiger partial charge is 0.467 e. The van der Waals surface area contributed by atoms with Gasteiger partial charge < -0.3 is 14.7 Å². The number of aromatic nitrogens is 1. The Morgan fingerprint density at radius 2 is 2.23 bits per heavy atom. The molecule has 0 aliphatic heterocycles. The van der Waals surface area contributed by atoms with Gasteiger partial charge in [-0.05, 0) is 48.7 Å². The van der Waals surface area contributed by atoms with Gasteiger partial charge in [-0.1, -0.05) is 11.6 Å². The molecule has 1 fully saturated rings. The third kappa shape index (κ3) is 2.11. The molecule has 4 nitrogen and oxygen atoms in total. The summed E-state index contributed by atoms with van der Waals surface area (Å²) in [5.41, 5.74) is 1.60. The van der Waals surface area contributed by atoms with Crippen molar-refractivity contribution >= 4 is 28.4 Å². The normalized spacial score (nSPS) is 15.9. The second-order valence-corrected chi connectivity index (χ2v) is 6.17. The van der Waals surface area contributed by atoms with Crippen molar-refractivity contribution in [3.05, 3.63) is 59.1 Å². The van der Waals surface area contributed by atoms with Gasteiger partial charge in [-0.3, -0.25) is 4.79 Å². The molecule has 22 heavy (non-hydrogen) atoms. The van der Waals surface area contributed by atoms with Gasteiger partial charge in [-0.2, -0.15) is 0 Å². The molecule has 5 heteroatoms. The Labute approximate surface area is 132 Å². The van der Waals surface area contributed by atoms with E-state index >= 15 is 0 Å². The third-order valence-electron chi connectivity index (χ3n) is 4.35. The van der Waals surface area contributed by atoms with E-state index in [-0.39, 0.29) is 5.91 Å². The monoisotopic (exact) mass is 314 g/mol. The molecule has 0 spiro atoms. The van der Waals surface area contributed by atoms with Gasteiger partial charge in [-0.15, -0.1) is 0 Å². The molecular weight excluding hydrogens is 300 g/mol. The van der Waals surface area contributed by atoms with Crippen LogP contribution in [-0.2, 0) is 16.8 Å². The van der Waals surface area contributed by atoms with Gasteiger partial charge in [0.25, 0.3) is 0 Å². The first kappa shape index (κ1) is 13.5. The molecule has 0 atom stereocenters. The first-order valence-electron chi connectivity index (χ1n) is 7.27. The number of fused-ring (bicyclic) bond motifs is 1. The van der Waals surface area contributed by atoms with Crippen molar-refractivity contribution in [1.82, 2.24) is 10.3 Å². The Bertz CT molecular complexity index is 832. The van der Waals surface area contributed by atoms with Crippen LogP contribution in [0.3, 0.4) is 0 Å². The summed E-state index contributed by atoms with van der Waals surface area (Å²) >= 11 is 6.10. The van der Waals surface area contributed by atoms with E-state index in [0.717, 1.165) is 35.1 Å². The lowest BCUT2D eigenvalue weighted by Crippen LogP contribution is -2.34. The number of benzene rings is 1. The maximum atomic E-state index is 12.6. The highest BCUT2D eigenvalue weighted by molar-refractivity contribution is 6.31. The Morgan fingerprint density at radius 1 is 1.36 bits per heavy atom. The van der Waals surface area contributed by atoms with Crippen molar-refractivity contribution in [1.29, 1.82) is 0 Å². The fourth-order valence-corrected chi connectivity index (χ4v) is 3.15. The average Bonchev–Trinajstić information content (AvgIpc) is 2.97. The van der Waals surface area contributed by atoms with Gasteiger partial charge in [0, 0.05) is 22.1 Å². The summed E-state index contributed by atoms with van der Waals surface area (Å²) in [5, 5.41) is 4.68. The summed E-state index contributed by atoms with van der Waals surface area (Å²) in [6.07, 6.45) is 5.25. The van der Waals surface area contributed by atoms with Crippen molar-refractivity contribution in [3.63, 3.8) is 0 Å². The molecule has 112 valence electrons. The maximum Gasteiger partial charge on any atom is 0.231 e. The number of furan rings is 1. The maximum absolute atomic E-state index is 12.6. The van der Waals surface area contributed by atoms with Crippen molar-refractivity contribution < 1.29 is 9.21 Å². The van der Waals surface area contributed by atoms with Crippen molar-refractivity contribution in [3.8, 4) is 0 Å². The number of hydrogen-bond donors (Lipinski definition) is 2. The fourth-order valence-electron chi connectivity index (χ4n) is 2.98. The van der Waals surface area contributed by atoms with Gasteiger partial charge in [0.05, 0.1) is 18.2 Å². The summed E-state index contributed by atoms with van der Waals surface area (Å²) in [4.78, 5) is 15.9. The highest BCUT2D eigenvalue weighted by Crippen LogP contribution is 2.50. The fraction of sp³-hybridized carbons (Fsp3) is 0.235. The van der Waals surface area contributed by atoms with Crippen LogP contribution in [0.2, 0.25) is 5.02 Å². The molecular formula is C17H15ClN2O2. The van der Waals surface area contributed by atoms with Crippen molar-refractivity contribution in [2.24, 2.45) is 0 Å².